The van der Waals surface area contributed by atoms with Gasteiger partial charge in [-0.25, -0.2) is 9.97 Å². The fraction of sp³-hybridized carbons (Fsp3) is 0.292. The maximum absolute atomic E-state index is 9.41. The third kappa shape index (κ3) is 4.64. The van der Waals surface area contributed by atoms with Gasteiger partial charge in [0.05, 0.1) is 37.7 Å². The molecule has 0 aliphatic carbocycles. The summed E-state index contributed by atoms with van der Waals surface area (Å²) in [4.78, 5) is 11.4. The van der Waals surface area contributed by atoms with Crippen LogP contribution in [0.3, 0.4) is 0 Å². The zero-order valence-corrected chi connectivity index (χ0v) is 18.2. The van der Waals surface area contributed by atoms with E-state index in [1.807, 2.05) is 37.3 Å². The molecular formula is C24H25N5O3. The first-order valence-electron chi connectivity index (χ1n) is 10.4. The van der Waals surface area contributed by atoms with Crippen LogP contribution < -0.4 is 20.1 Å². The molecule has 8 nitrogen and oxygen atoms in total. The van der Waals surface area contributed by atoms with Crippen molar-refractivity contribution >= 4 is 5.82 Å². The fourth-order valence-corrected chi connectivity index (χ4v) is 3.60. The van der Waals surface area contributed by atoms with E-state index in [1.54, 1.807) is 19.2 Å². The number of hydrogen-bond acceptors (Lipinski definition) is 8. The third-order valence-corrected chi connectivity index (χ3v) is 5.22. The number of ether oxygens (including phenoxy) is 3. The molecule has 32 heavy (non-hydrogen) atoms. The van der Waals surface area contributed by atoms with Crippen molar-refractivity contribution in [1.82, 2.24) is 9.97 Å². The molecule has 2 aromatic heterocycles. The lowest BCUT2D eigenvalue weighted by molar-refractivity contribution is 0.122. The Morgan fingerprint density at radius 2 is 1.94 bits per heavy atom. The summed E-state index contributed by atoms with van der Waals surface area (Å²) in [7, 11) is 1.56. The molecular weight excluding hydrogens is 406 g/mol. The third-order valence-electron chi connectivity index (χ3n) is 5.22. The van der Waals surface area contributed by atoms with Crippen molar-refractivity contribution in [2.75, 3.05) is 38.3 Å². The van der Waals surface area contributed by atoms with Crippen LogP contribution in [0.25, 0.3) is 11.3 Å². The van der Waals surface area contributed by atoms with Crippen LogP contribution in [0.5, 0.6) is 17.4 Å². The van der Waals surface area contributed by atoms with Crippen LogP contribution in [0, 0.1) is 18.3 Å². The van der Waals surface area contributed by atoms with Gasteiger partial charge < -0.3 is 24.8 Å². The van der Waals surface area contributed by atoms with E-state index < -0.39 is 0 Å². The minimum Gasteiger partial charge on any atom is -0.481 e. The largest absolute Gasteiger partial charge is 0.481 e. The van der Waals surface area contributed by atoms with Crippen molar-refractivity contribution in [3.8, 4) is 34.7 Å². The summed E-state index contributed by atoms with van der Waals surface area (Å²) < 4.78 is 17.1. The Hall–Kier alpha value is -3.67. The first-order chi connectivity index (χ1) is 15.6. The van der Waals surface area contributed by atoms with Crippen molar-refractivity contribution in [2.24, 2.45) is 5.73 Å². The molecule has 0 bridgehead atoms. The van der Waals surface area contributed by atoms with E-state index in [1.165, 1.54) is 0 Å². The summed E-state index contributed by atoms with van der Waals surface area (Å²) in [5.74, 6) is 2.47. The number of rotatable bonds is 6. The number of anilines is 1. The number of hydrogen-bond donors (Lipinski definition) is 1. The minimum atomic E-state index is 0.327. The summed E-state index contributed by atoms with van der Waals surface area (Å²) in [5.41, 5.74) is 9.33. The Bertz CT molecular complexity index is 1150. The lowest BCUT2D eigenvalue weighted by Crippen LogP contribution is -2.36. The predicted molar refractivity (Wildman–Crippen MR) is 121 cm³/mol. The second-order valence-corrected chi connectivity index (χ2v) is 7.40. The smallest absolute Gasteiger partial charge is 0.218 e. The molecule has 4 rings (SSSR count). The molecule has 0 saturated carbocycles. The van der Waals surface area contributed by atoms with Crippen LogP contribution in [-0.4, -0.2) is 43.4 Å². The molecule has 0 atom stereocenters. The molecule has 3 aromatic rings. The molecule has 8 heteroatoms. The zero-order chi connectivity index (χ0) is 22.5. The lowest BCUT2D eigenvalue weighted by Gasteiger charge is -2.28. The number of benzene rings is 1. The van der Waals surface area contributed by atoms with Gasteiger partial charge in [-0.05, 0) is 31.2 Å². The van der Waals surface area contributed by atoms with Gasteiger partial charge in [-0.15, -0.1) is 0 Å². The molecule has 1 saturated heterocycles. The number of nitrogens with two attached hydrogens (primary N) is 1. The van der Waals surface area contributed by atoms with Gasteiger partial charge in [-0.2, -0.15) is 5.26 Å². The van der Waals surface area contributed by atoms with Gasteiger partial charge in [0.15, 0.2) is 0 Å². The zero-order valence-electron chi connectivity index (χ0n) is 18.2. The number of aryl methyl sites for hydroxylation is 1. The molecule has 1 fully saturated rings. The normalized spacial score (nSPS) is 13.5. The first kappa shape index (κ1) is 21.6. The molecule has 1 aliphatic rings. The second-order valence-electron chi connectivity index (χ2n) is 7.40. The van der Waals surface area contributed by atoms with E-state index in [9.17, 15) is 5.26 Å². The highest BCUT2D eigenvalue weighted by Crippen LogP contribution is 2.36. The second kappa shape index (κ2) is 9.64. The number of methoxy groups -OCH3 is 1. The van der Waals surface area contributed by atoms with E-state index >= 15 is 0 Å². The fourth-order valence-electron chi connectivity index (χ4n) is 3.60. The summed E-state index contributed by atoms with van der Waals surface area (Å²) in [5, 5.41) is 9.41. The van der Waals surface area contributed by atoms with Crippen LogP contribution in [0.1, 0.15) is 16.8 Å². The highest BCUT2D eigenvalue weighted by Gasteiger charge is 2.17. The van der Waals surface area contributed by atoms with Crippen molar-refractivity contribution in [2.45, 2.75) is 13.5 Å². The molecule has 0 radical (unpaired) electrons. The van der Waals surface area contributed by atoms with Crippen LogP contribution in [-0.2, 0) is 11.3 Å². The van der Waals surface area contributed by atoms with E-state index in [2.05, 4.69) is 20.9 Å². The first-order valence-corrected chi connectivity index (χ1v) is 10.4. The summed E-state index contributed by atoms with van der Waals surface area (Å²) in [6.45, 7) is 5.17. The Kier molecular flexibility index (Phi) is 6.50. The Labute approximate surface area is 187 Å². The van der Waals surface area contributed by atoms with Gasteiger partial charge in [0.25, 0.3) is 0 Å². The van der Waals surface area contributed by atoms with Crippen molar-refractivity contribution in [3.63, 3.8) is 0 Å². The quantitative estimate of drug-likeness (QED) is 0.633. The molecule has 2 N–H and O–H groups in total. The topological polar surface area (TPSA) is 107 Å². The summed E-state index contributed by atoms with van der Waals surface area (Å²) >= 11 is 0. The van der Waals surface area contributed by atoms with Crippen LogP contribution in [0.15, 0.2) is 42.5 Å². The van der Waals surface area contributed by atoms with E-state index in [4.69, 9.17) is 19.9 Å². The van der Waals surface area contributed by atoms with Crippen LogP contribution >= 0.6 is 0 Å². The molecule has 3 heterocycles. The van der Waals surface area contributed by atoms with Gasteiger partial charge in [0.1, 0.15) is 17.3 Å². The van der Waals surface area contributed by atoms with Gasteiger partial charge >= 0.3 is 0 Å². The number of nitrogens with zero attached hydrogens (tertiary/aromatic N) is 4. The van der Waals surface area contributed by atoms with Crippen molar-refractivity contribution in [1.29, 1.82) is 5.26 Å². The van der Waals surface area contributed by atoms with Gasteiger partial charge in [-0.1, -0.05) is 6.07 Å². The number of nitriles is 1. The van der Waals surface area contributed by atoms with Crippen LogP contribution in [0.4, 0.5) is 5.82 Å². The SMILES string of the molecule is COc1nc(-c2ccc(C#N)cc2Oc2cc(C)nc(N3CCOCC3)c2)ccc1CN. The van der Waals surface area contributed by atoms with Crippen molar-refractivity contribution < 1.29 is 14.2 Å². The Morgan fingerprint density at radius 3 is 2.66 bits per heavy atom. The lowest BCUT2D eigenvalue weighted by atomic mass is 10.1. The Morgan fingerprint density at radius 1 is 1.12 bits per heavy atom. The van der Waals surface area contributed by atoms with Gasteiger partial charge in [0, 0.05) is 48.6 Å². The molecule has 1 aromatic carbocycles. The molecule has 0 spiro atoms. The highest BCUT2D eigenvalue weighted by atomic mass is 16.5. The maximum atomic E-state index is 9.41. The Balaban J connectivity index is 1.73. The van der Waals surface area contributed by atoms with E-state index in [0.717, 1.165) is 35.7 Å². The van der Waals surface area contributed by atoms with E-state index in [-0.39, 0.29) is 0 Å². The highest BCUT2D eigenvalue weighted by molar-refractivity contribution is 5.70. The number of aromatic nitrogens is 2. The van der Waals surface area contributed by atoms with Crippen LogP contribution in [0.2, 0.25) is 0 Å². The number of morpholine rings is 1. The molecule has 0 amide bonds. The monoisotopic (exact) mass is 431 g/mol. The summed E-state index contributed by atoms with van der Waals surface area (Å²) in [6, 6.07) is 15.0. The molecule has 164 valence electrons. The molecule has 0 unspecified atom stereocenters. The maximum Gasteiger partial charge on any atom is 0.218 e. The van der Waals surface area contributed by atoms with Crippen molar-refractivity contribution in [3.05, 3.63) is 59.3 Å². The summed E-state index contributed by atoms with van der Waals surface area (Å²) in [6.07, 6.45) is 0. The standard InChI is InChI=1S/C24H25N5O3/c1-16-11-19(13-23(27-16)29-7-9-31-10-8-29)32-22-12-17(14-25)3-5-20(22)21-6-4-18(15-26)24(28-21)30-2/h3-6,11-13H,7-10,15,26H2,1-2H3. The minimum absolute atomic E-state index is 0.327. The molecule has 1 aliphatic heterocycles. The average Bonchev–Trinajstić information content (AvgIpc) is 2.83. The van der Waals surface area contributed by atoms with Gasteiger partial charge in [-0.3, -0.25) is 0 Å². The van der Waals surface area contributed by atoms with Gasteiger partial charge in [0.2, 0.25) is 5.88 Å². The average molecular weight is 431 g/mol. The van der Waals surface area contributed by atoms with E-state index in [0.29, 0.717) is 48.4 Å². The number of pyridine rings is 2. The predicted octanol–water partition coefficient (Wildman–Crippen LogP) is 3.42.